The van der Waals surface area contributed by atoms with Gasteiger partial charge in [-0.1, -0.05) is 13.3 Å². The van der Waals surface area contributed by atoms with E-state index in [1.807, 2.05) is 12.3 Å². The zero-order valence-corrected chi connectivity index (χ0v) is 12.3. The molecular formula is C17H21FN2O. The summed E-state index contributed by atoms with van der Waals surface area (Å²) >= 11 is 0. The smallest absolute Gasteiger partial charge is 0.220 e. The summed E-state index contributed by atoms with van der Waals surface area (Å²) in [6.07, 6.45) is 6.69. The molecule has 3 nitrogen and oxygen atoms in total. The molecule has 1 fully saturated rings. The van der Waals surface area contributed by atoms with Gasteiger partial charge in [0.15, 0.2) is 0 Å². The van der Waals surface area contributed by atoms with Crippen molar-refractivity contribution >= 4 is 16.8 Å². The van der Waals surface area contributed by atoms with Crippen molar-refractivity contribution in [3.05, 3.63) is 35.8 Å². The molecular weight excluding hydrogens is 267 g/mol. The summed E-state index contributed by atoms with van der Waals surface area (Å²) in [5.74, 6) is -0.0948. The Morgan fingerprint density at radius 1 is 1.43 bits per heavy atom. The van der Waals surface area contributed by atoms with Gasteiger partial charge in [-0.2, -0.15) is 0 Å². The largest absolute Gasteiger partial charge is 0.361 e. The topological polar surface area (TPSA) is 44.9 Å². The van der Waals surface area contributed by atoms with Gasteiger partial charge < -0.3 is 10.3 Å². The summed E-state index contributed by atoms with van der Waals surface area (Å²) < 4.78 is 13.3. The van der Waals surface area contributed by atoms with Gasteiger partial charge in [0, 0.05) is 35.5 Å². The Kier molecular flexibility index (Phi) is 3.70. The normalized spacial score (nSPS) is 16.1. The van der Waals surface area contributed by atoms with Crippen molar-refractivity contribution < 1.29 is 9.18 Å². The monoisotopic (exact) mass is 288 g/mol. The first-order valence-electron chi connectivity index (χ1n) is 7.68. The first-order chi connectivity index (χ1) is 10.1. The average Bonchev–Trinajstić information content (AvgIpc) is 3.15. The maximum atomic E-state index is 13.3. The van der Waals surface area contributed by atoms with E-state index in [4.69, 9.17) is 0 Å². The van der Waals surface area contributed by atoms with Gasteiger partial charge >= 0.3 is 0 Å². The minimum Gasteiger partial charge on any atom is -0.361 e. The van der Waals surface area contributed by atoms with Crippen LogP contribution in [0.5, 0.6) is 0 Å². The zero-order valence-electron chi connectivity index (χ0n) is 12.3. The van der Waals surface area contributed by atoms with Crippen LogP contribution >= 0.6 is 0 Å². The maximum Gasteiger partial charge on any atom is 0.220 e. The van der Waals surface area contributed by atoms with E-state index in [2.05, 4.69) is 17.2 Å². The van der Waals surface area contributed by atoms with Crippen LogP contribution in [0.1, 0.15) is 44.6 Å². The van der Waals surface area contributed by atoms with E-state index >= 15 is 0 Å². The zero-order chi connectivity index (χ0) is 14.9. The molecule has 0 radical (unpaired) electrons. The molecule has 4 heteroatoms. The molecule has 1 aliphatic rings. The fourth-order valence-corrected chi connectivity index (χ4v) is 2.92. The minimum atomic E-state index is -0.228. The van der Waals surface area contributed by atoms with Gasteiger partial charge in [-0.3, -0.25) is 4.79 Å². The fourth-order valence-electron chi connectivity index (χ4n) is 2.92. The number of rotatable bonds is 6. The van der Waals surface area contributed by atoms with Gasteiger partial charge in [0.05, 0.1) is 0 Å². The molecule has 3 rings (SSSR count). The van der Waals surface area contributed by atoms with E-state index in [9.17, 15) is 9.18 Å². The molecule has 0 bridgehead atoms. The van der Waals surface area contributed by atoms with E-state index in [-0.39, 0.29) is 17.1 Å². The number of aromatic nitrogens is 1. The van der Waals surface area contributed by atoms with Gasteiger partial charge in [-0.15, -0.1) is 0 Å². The number of unbranched alkanes of at least 4 members (excludes halogenated alkanes) is 1. The van der Waals surface area contributed by atoms with Crippen molar-refractivity contribution in [1.29, 1.82) is 0 Å². The SMILES string of the molecule is CCCCC(=O)NCC1(c2c[nH]c3cc(F)ccc23)CC1. The number of amides is 1. The number of hydrogen-bond donors (Lipinski definition) is 2. The highest BCUT2D eigenvalue weighted by Crippen LogP contribution is 2.50. The van der Waals surface area contributed by atoms with Crippen LogP contribution in [0.2, 0.25) is 0 Å². The second kappa shape index (κ2) is 5.51. The van der Waals surface area contributed by atoms with Crippen molar-refractivity contribution in [2.75, 3.05) is 6.54 Å². The predicted molar refractivity (Wildman–Crippen MR) is 81.7 cm³/mol. The number of hydrogen-bond acceptors (Lipinski definition) is 1. The number of halogens is 1. The number of carbonyl (C=O) groups is 1. The van der Waals surface area contributed by atoms with Gasteiger partial charge in [0.2, 0.25) is 5.91 Å². The van der Waals surface area contributed by atoms with Gasteiger partial charge in [0.25, 0.3) is 0 Å². The summed E-state index contributed by atoms with van der Waals surface area (Å²) in [6.45, 7) is 2.76. The number of aromatic amines is 1. The van der Waals surface area contributed by atoms with Crippen LogP contribution in [0.15, 0.2) is 24.4 Å². The maximum absolute atomic E-state index is 13.3. The Morgan fingerprint density at radius 3 is 2.95 bits per heavy atom. The molecule has 0 atom stereocenters. The van der Waals surface area contributed by atoms with Crippen LogP contribution in [-0.4, -0.2) is 17.4 Å². The highest BCUT2D eigenvalue weighted by atomic mass is 19.1. The second-order valence-electron chi connectivity index (χ2n) is 6.05. The van der Waals surface area contributed by atoms with Crippen LogP contribution < -0.4 is 5.32 Å². The molecule has 0 spiro atoms. The number of fused-ring (bicyclic) bond motifs is 1. The van der Waals surface area contributed by atoms with E-state index in [1.54, 1.807) is 0 Å². The Morgan fingerprint density at radius 2 is 2.24 bits per heavy atom. The molecule has 0 saturated heterocycles. The van der Waals surface area contributed by atoms with Crippen LogP contribution in [0, 0.1) is 5.82 Å². The van der Waals surface area contributed by atoms with Gasteiger partial charge in [0.1, 0.15) is 5.82 Å². The molecule has 21 heavy (non-hydrogen) atoms. The van der Waals surface area contributed by atoms with Crippen LogP contribution in [0.25, 0.3) is 10.9 Å². The number of carbonyl (C=O) groups excluding carboxylic acids is 1. The highest BCUT2D eigenvalue weighted by Gasteiger charge is 2.45. The van der Waals surface area contributed by atoms with Crippen molar-refractivity contribution in [3.63, 3.8) is 0 Å². The van der Waals surface area contributed by atoms with E-state index in [0.29, 0.717) is 13.0 Å². The number of benzene rings is 1. The standard InChI is InChI=1S/C17H21FN2O/c1-2-3-4-16(21)20-11-17(7-8-17)14-10-19-15-9-12(18)5-6-13(14)15/h5-6,9-10,19H,2-4,7-8,11H2,1H3,(H,20,21). The van der Waals surface area contributed by atoms with Crippen LogP contribution in [0.3, 0.4) is 0 Å². The number of H-pyrrole nitrogens is 1. The first-order valence-corrected chi connectivity index (χ1v) is 7.68. The van der Waals surface area contributed by atoms with Crippen LogP contribution in [0.4, 0.5) is 4.39 Å². The minimum absolute atomic E-state index is 0.0396. The third-order valence-electron chi connectivity index (χ3n) is 4.45. The summed E-state index contributed by atoms with van der Waals surface area (Å²) in [6, 6.07) is 4.85. The molecule has 112 valence electrons. The molecule has 0 aliphatic heterocycles. The number of nitrogens with one attached hydrogen (secondary N) is 2. The molecule has 2 aromatic rings. The first kappa shape index (κ1) is 14.1. The van der Waals surface area contributed by atoms with E-state index in [1.165, 1.54) is 17.7 Å². The molecule has 1 aromatic carbocycles. The van der Waals surface area contributed by atoms with Crippen LogP contribution in [-0.2, 0) is 10.2 Å². The highest BCUT2D eigenvalue weighted by molar-refractivity contribution is 5.85. The molecule has 2 N–H and O–H groups in total. The molecule has 1 heterocycles. The summed E-state index contributed by atoms with van der Waals surface area (Å²) in [5.41, 5.74) is 2.07. The Balaban J connectivity index is 1.74. The lowest BCUT2D eigenvalue weighted by molar-refractivity contribution is -0.121. The molecule has 0 unspecified atom stereocenters. The van der Waals surface area contributed by atoms with E-state index in [0.717, 1.165) is 36.6 Å². The third kappa shape index (κ3) is 2.80. The molecule has 1 saturated carbocycles. The Labute approximate surface area is 123 Å². The lowest BCUT2D eigenvalue weighted by atomic mass is 9.95. The summed E-state index contributed by atoms with van der Waals surface area (Å²) in [7, 11) is 0. The molecule has 1 amide bonds. The second-order valence-corrected chi connectivity index (χ2v) is 6.05. The fraction of sp³-hybridized carbons (Fsp3) is 0.471. The Bertz CT molecular complexity index is 658. The predicted octanol–water partition coefficient (Wildman–Crippen LogP) is 3.65. The van der Waals surface area contributed by atoms with Gasteiger partial charge in [-0.25, -0.2) is 4.39 Å². The van der Waals surface area contributed by atoms with Crippen molar-refractivity contribution in [2.45, 2.75) is 44.4 Å². The Hall–Kier alpha value is -1.84. The summed E-state index contributed by atoms with van der Waals surface area (Å²) in [4.78, 5) is 14.9. The lowest BCUT2D eigenvalue weighted by Gasteiger charge is -2.15. The van der Waals surface area contributed by atoms with Crippen molar-refractivity contribution in [3.8, 4) is 0 Å². The van der Waals surface area contributed by atoms with E-state index < -0.39 is 0 Å². The quantitative estimate of drug-likeness (QED) is 0.837. The average molecular weight is 288 g/mol. The van der Waals surface area contributed by atoms with Crippen molar-refractivity contribution in [1.82, 2.24) is 10.3 Å². The molecule has 1 aliphatic carbocycles. The van der Waals surface area contributed by atoms with Gasteiger partial charge in [-0.05, 0) is 43.0 Å². The third-order valence-corrected chi connectivity index (χ3v) is 4.45. The molecule has 1 aromatic heterocycles. The summed E-state index contributed by atoms with van der Waals surface area (Å²) in [5, 5.41) is 4.12. The lowest BCUT2D eigenvalue weighted by Crippen LogP contribution is -2.31. The van der Waals surface area contributed by atoms with Crippen molar-refractivity contribution in [2.24, 2.45) is 0 Å².